The van der Waals surface area contributed by atoms with Gasteiger partial charge in [-0.3, -0.25) is 4.79 Å². The van der Waals surface area contributed by atoms with Crippen molar-refractivity contribution in [3.8, 4) is 5.75 Å². The molecule has 23 heavy (non-hydrogen) atoms. The van der Waals surface area contributed by atoms with Crippen molar-refractivity contribution in [2.45, 2.75) is 13.3 Å². The van der Waals surface area contributed by atoms with Gasteiger partial charge in [-0.2, -0.15) is 0 Å². The Morgan fingerprint density at radius 1 is 1.13 bits per heavy atom. The number of carbonyl (C=O) groups is 2. The van der Waals surface area contributed by atoms with Gasteiger partial charge in [-0.25, -0.2) is 4.79 Å². The van der Waals surface area contributed by atoms with Crippen LogP contribution in [0.5, 0.6) is 5.75 Å². The van der Waals surface area contributed by atoms with E-state index < -0.39 is 0 Å². The van der Waals surface area contributed by atoms with Gasteiger partial charge >= 0.3 is 6.03 Å². The lowest BCUT2D eigenvalue weighted by molar-refractivity contribution is -0.133. The zero-order chi connectivity index (χ0) is 16.7. The van der Waals surface area contributed by atoms with Crippen LogP contribution in [0.2, 0.25) is 5.02 Å². The van der Waals surface area contributed by atoms with E-state index in [1.165, 1.54) is 0 Å². The van der Waals surface area contributed by atoms with E-state index in [2.05, 4.69) is 5.32 Å². The van der Waals surface area contributed by atoms with Crippen molar-refractivity contribution < 1.29 is 14.3 Å². The number of benzene rings is 1. The Labute approximate surface area is 141 Å². The lowest BCUT2D eigenvalue weighted by Crippen LogP contribution is -2.43. The molecule has 1 aliphatic heterocycles. The van der Waals surface area contributed by atoms with Crippen LogP contribution in [-0.4, -0.2) is 61.1 Å². The summed E-state index contributed by atoms with van der Waals surface area (Å²) in [6, 6.07) is 6.83. The van der Waals surface area contributed by atoms with Crippen molar-refractivity contribution in [1.82, 2.24) is 15.1 Å². The third kappa shape index (κ3) is 5.32. The van der Waals surface area contributed by atoms with Crippen LogP contribution in [0.1, 0.15) is 13.3 Å². The Bertz CT molecular complexity index is 536. The van der Waals surface area contributed by atoms with Gasteiger partial charge in [-0.05, 0) is 37.6 Å². The fraction of sp³-hybridized carbons (Fsp3) is 0.500. The van der Waals surface area contributed by atoms with E-state index in [1.807, 2.05) is 6.92 Å². The van der Waals surface area contributed by atoms with Gasteiger partial charge in [-0.1, -0.05) is 11.6 Å². The molecular formula is C16H22ClN3O3. The molecule has 1 aliphatic rings. The summed E-state index contributed by atoms with van der Waals surface area (Å²) in [7, 11) is 0. The molecule has 0 atom stereocenters. The zero-order valence-electron chi connectivity index (χ0n) is 13.3. The van der Waals surface area contributed by atoms with Gasteiger partial charge in [0.15, 0.2) is 6.61 Å². The molecule has 1 saturated heterocycles. The second kappa shape index (κ2) is 8.62. The first-order chi connectivity index (χ1) is 11.1. The Balaban J connectivity index is 1.81. The molecule has 1 aromatic rings. The highest BCUT2D eigenvalue weighted by Crippen LogP contribution is 2.15. The predicted octanol–water partition coefficient (Wildman–Crippen LogP) is 1.98. The van der Waals surface area contributed by atoms with Crippen LogP contribution in [-0.2, 0) is 4.79 Å². The van der Waals surface area contributed by atoms with Gasteiger partial charge in [-0.15, -0.1) is 0 Å². The first-order valence-corrected chi connectivity index (χ1v) is 8.17. The molecule has 7 heteroatoms. The molecule has 0 aromatic heterocycles. The number of rotatable bonds is 4. The standard InChI is InChI=1S/C16H22ClN3O3/c1-2-18-16(22)20-9-3-8-19(10-11-20)15(21)12-23-14-6-4-13(17)5-7-14/h4-7H,2-3,8-12H2,1H3,(H,18,22). The van der Waals surface area contributed by atoms with E-state index in [-0.39, 0.29) is 18.5 Å². The smallest absolute Gasteiger partial charge is 0.317 e. The largest absolute Gasteiger partial charge is 0.484 e. The summed E-state index contributed by atoms with van der Waals surface area (Å²) in [5.41, 5.74) is 0. The first-order valence-electron chi connectivity index (χ1n) is 7.79. The summed E-state index contributed by atoms with van der Waals surface area (Å²) in [5.74, 6) is 0.541. The van der Waals surface area contributed by atoms with E-state index in [4.69, 9.17) is 16.3 Å². The summed E-state index contributed by atoms with van der Waals surface area (Å²) in [6.45, 7) is 4.85. The van der Waals surface area contributed by atoms with Gasteiger partial charge in [0.05, 0.1) is 0 Å². The summed E-state index contributed by atoms with van der Waals surface area (Å²) >= 11 is 5.81. The van der Waals surface area contributed by atoms with Crippen LogP contribution in [0, 0.1) is 0 Å². The molecule has 6 nitrogen and oxygen atoms in total. The molecule has 1 fully saturated rings. The number of halogens is 1. The molecule has 0 aliphatic carbocycles. The average Bonchev–Trinajstić information content (AvgIpc) is 2.80. The molecule has 2 rings (SSSR count). The number of nitrogens with one attached hydrogen (secondary N) is 1. The third-order valence-electron chi connectivity index (χ3n) is 3.64. The highest BCUT2D eigenvalue weighted by atomic mass is 35.5. The van der Waals surface area contributed by atoms with E-state index in [9.17, 15) is 9.59 Å². The van der Waals surface area contributed by atoms with Crippen LogP contribution in [0.4, 0.5) is 4.79 Å². The molecule has 0 unspecified atom stereocenters. The maximum Gasteiger partial charge on any atom is 0.317 e. The summed E-state index contributed by atoms with van der Waals surface area (Å²) in [4.78, 5) is 27.6. The van der Waals surface area contributed by atoms with Gasteiger partial charge < -0.3 is 19.9 Å². The minimum atomic E-state index is -0.0716. The van der Waals surface area contributed by atoms with Crippen molar-refractivity contribution in [2.75, 3.05) is 39.3 Å². The maximum absolute atomic E-state index is 12.2. The van der Waals surface area contributed by atoms with Gasteiger partial charge in [0.25, 0.3) is 5.91 Å². The fourth-order valence-corrected chi connectivity index (χ4v) is 2.53. The van der Waals surface area contributed by atoms with E-state index in [1.54, 1.807) is 34.1 Å². The lowest BCUT2D eigenvalue weighted by Gasteiger charge is -2.22. The quantitative estimate of drug-likeness (QED) is 0.912. The van der Waals surface area contributed by atoms with Gasteiger partial charge in [0, 0.05) is 37.7 Å². The Morgan fingerprint density at radius 2 is 1.78 bits per heavy atom. The molecule has 0 spiro atoms. The van der Waals surface area contributed by atoms with E-state index >= 15 is 0 Å². The number of amides is 3. The Morgan fingerprint density at radius 3 is 2.48 bits per heavy atom. The number of carbonyl (C=O) groups excluding carboxylic acids is 2. The molecule has 0 radical (unpaired) electrons. The molecule has 1 N–H and O–H groups in total. The molecule has 0 bridgehead atoms. The minimum absolute atomic E-state index is 0.0111. The molecule has 1 aromatic carbocycles. The zero-order valence-corrected chi connectivity index (χ0v) is 14.0. The SMILES string of the molecule is CCNC(=O)N1CCCN(C(=O)COc2ccc(Cl)cc2)CC1. The van der Waals surface area contributed by atoms with E-state index in [0.717, 1.165) is 6.42 Å². The predicted molar refractivity (Wildman–Crippen MR) is 88.8 cm³/mol. The highest BCUT2D eigenvalue weighted by Gasteiger charge is 2.21. The average molecular weight is 340 g/mol. The first kappa shape index (κ1) is 17.4. The summed E-state index contributed by atoms with van der Waals surface area (Å²) < 4.78 is 5.49. The van der Waals surface area contributed by atoms with Crippen LogP contribution < -0.4 is 10.1 Å². The van der Waals surface area contributed by atoms with Gasteiger partial charge in [0.2, 0.25) is 0 Å². The van der Waals surface area contributed by atoms with Crippen molar-refractivity contribution in [3.05, 3.63) is 29.3 Å². The number of ether oxygens (including phenoxy) is 1. The molecular weight excluding hydrogens is 318 g/mol. The Kier molecular flexibility index (Phi) is 6.52. The number of nitrogens with zero attached hydrogens (tertiary/aromatic N) is 2. The summed E-state index contributed by atoms with van der Waals surface area (Å²) in [6.07, 6.45) is 0.768. The van der Waals surface area contributed by atoms with E-state index in [0.29, 0.717) is 43.5 Å². The maximum atomic E-state index is 12.2. The van der Waals surface area contributed by atoms with Crippen LogP contribution in [0.3, 0.4) is 0 Å². The number of urea groups is 1. The second-order valence-electron chi connectivity index (χ2n) is 5.30. The van der Waals surface area contributed by atoms with Crippen LogP contribution >= 0.6 is 11.6 Å². The fourth-order valence-electron chi connectivity index (χ4n) is 2.40. The molecule has 126 valence electrons. The minimum Gasteiger partial charge on any atom is -0.484 e. The van der Waals surface area contributed by atoms with Crippen LogP contribution in [0.25, 0.3) is 0 Å². The number of hydrogen-bond donors (Lipinski definition) is 1. The monoisotopic (exact) mass is 339 g/mol. The molecule has 3 amide bonds. The normalized spacial score (nSPS) is 15.0. The third-order valence-corrected chi connectivity index (χ3v) is 3.89. The van der Waals surface area contributed by atoms with Crippen molar-refractivity contribution in [3.63, 3.8) is 0 Å². The van der Waals surface area contributed by atoms with Crippen molar-refractivity contribution in [1.29, 1.82) is 0 Å². The topological polar surface area (TPSA) is 61.9 Å². The molecule has 0 saturated carbocycles. The molecule has 1 heterocycles. The van der Waals surface area contributed by atoms with Crippen molar-refractivity contribution in [2.24, 2.45) is 0 Å². The van der Waals surface area contributed by atoms with Crippen molar-refractivity contribution >= 4 is 23.5 Å². The number of hydrogen-bond acceptors (Lipinski definition) is 3. The van der Waals surface area contributed by atoms with Crippen LogP contribution in [0.15, 0.2) is 24.3 Å². The second-order valence-corrected chi connectivity index (χ2v) is 5.74. The Hall–Kier alpha value is -1.95. The lowest BCUT2D eigenvalue weighted by atomic mass is 10.3. The highest BCUT2D eigenvalue weighted by molar-refractivity contribution is 6.30. The summed E-state index contributed by atoms with van der Waals surface area (Å²) in [5, 5.41) is 3.41. The van der Waals surface area contributed by atoms with Gasteiger partial charge in [0.1, 0.15) is 5.75 Å².